The Bertz CT molecular complexity index is 1250. The summed E-state index contributed by atoms with van der Waals surface area (Å²) in [6.45, 7) is 10.7. The summed E-state index contributed by atoms with van der Waals surface area (Å²) in [6, 6.07) is 1.73. The number of ketones is 1. The summed E-state index contributed by atoms with van der Waals surface area (Å²) in [5.74, 6) is -2.57. The van der Waals surface area contributed by atoms with Crippen LogP contribution in [0.3, 0.4) is 0 Å². The van der Waals surface area contributed by atoms with Gasteiger partial charge in [-0.2, -0.15) is 0 Å². The molecule has 1 aromatic heterocycles. The van der Waals surface area contributed by atoms with E-state index in [1.807, 2.05) is 40.7 Å². The third-order valence-electron chi connectivity index (χ3n) is 10.2. The van der Waals surface area contributed by atoms with Gasteiger partial charge in [0.2, 0.25) is 0 Å². The average Bonchev–Trinajstić information content (AvgIpc) is 3.39. The Morgan fingerprint density at radius 3 is 2.46 bits per heavy atom. The van der Waals surface area contributed by atoms with Gasteiger partial charge in [0.25, 0.3) is 0 Å². The zero-order valence-corrected chi connectivity index (χ0v) is 21.9. The maximum Gasteiger partial charge on any atom is 0.339 e. The van der Waals surface area contributed by atoms with E-state index in [1.54, 1.807) is 6.07 Å². The molecule has 4 heterocycles. The summed E-state index contributed by atoms with van der Waals surface area (Å²) >= 11 is 0. The highest BCUT2D eigenvalue weighted by molar-refractivity contribution is 5.94. The van der Waals surface area contributed by atoms with Gasteiger partial charge in [0, 0.05) is 47.6 Å². The third kappa shape index (κ3) is 2.78. The average molecular weight is 513 g/mol. The number of hydrogen-bond acceptors (Lipinski definition) is 9. The predicted octanol–water partition coefficient (Wildman–Crippen LogP) is 3.47. The van der Waals surface area contributed by atoms with Gasteiger partial charge in [-0.1, -0.05) is 19.9 Å². The van der Waals surface area contributed by atoms with Gasteiger partial charge in [-0.05, 0) is 33.3 Å². The van der Waals surface area contributed by atoms with Crippen molar-refractivity contribution in [1.29, 1.82) is 0 Å². The van der Waals surface area contributed by atoms with Crippen LogP contribution in [-0.2, 0) is 38.1 Å². The van der Waals surface area contributed by atoms with Crippen LogP contribution in [0.25, 0.3) is 0 Å². The molecule has 6 rings (SSSR count). The first-order valence-electron chi connectivity index (χ1n) is 12.8. The van der Waals surface area contributed by atoms with E-state index in [9.17, 15) is 19.2 Å². The zero-order valence-electron chi connectivity index (χ0n) is 21.9. The molecule has 37 heavy (non-hydrogen) atoms. The van der Waals surface area contributed by atoms with Crippen molar-refractivity contribution in [2.75, 3.05) is 0 Å². The number of allylic oxidation sites excluding steroid dienone is 1. The number of cyclic esters (lactones) is 2. The molecule has 5 aliphatic rings. The van der Waals surface area contributed by atoms with Crippen LogP contribution in [0.1, 0.15) is 66.1 Å². The molecule has 1 aromatic rings. The minimum Gasteiger partial charge on any atom is -0.472 e. The lowest BCUT2D eigenvalue weighted by Crippen LogP contribution is -2.74. The summed E-state index contributed by atoms with van der Waals surface area (Å²) in [5.41, 5.74) is -4.42. The van der Waals surface area contributed by atoms with Gasteiger partial charge in [-0.15, -0.1) is 0 Å². The van der Waals surface area contributed by atoms with Crippen molar-refractivity contribution in [1.82, 2.24) is 0 Å². The molecule has 0 unspecified atom stereocenters. The van der Waals surface area contributed by atoms with Crippen LogP contribution in [0.15, 0.2) is 35.2 Å². The van der Waals surface area contributed by atoms with Crippen LogP contribution >= 0.6 is 0 Å². The molecule has 4 fully saturated rings. The number of furan rings is 1. The molecule has 0 amide bonds. The van der Waals surface area contributed by atoms with E-state index >= 15 is 0 Å². The van der Waals surface area contributed by atoms with Crippen LogP contribution in [-0.4, -0.2) is 47.1 Å². The molecule has 3 aliphatic heterocycles. The molecule has 9 nitrogen and oxygen atoms in total. The van der Waals surface area contributed by atoms with E-state index in [4.69, 9.17) is 23.4 Å². The molecule has 9 heteroatoms. The van der Waals surface area contributed by atoms with Crippen LogP contribution in [0.2, 0.25) is 0 Å². The van der Waals surface area contributed by atoms with E-state index in [1.165, 1.54) is 25.5 Å². The maximum atomic E-state index is 14.4. The molecule has 2 saturated carbocycles. The van der Waals surface area contributed by atoms with Crippen LogP contribution in [0, 0.1) is 28.1 Å². The first-order chi connectivity index (χ1) is 17.2. The van der Waals surface area contributed by atoms with Crippen molar-refractivity contribution in [3.8, 4) is 0 Å². The van der Waals surface area contributed by atoms with Gasteiger partial charge in [-0.3, -0.25) is 9.59 Å². The molecule has 198 valence electrons. The van der Waals surface area contributed by atoms with Gasteiger partial charge in [0.1, 0.15) is 29.2 Å². The second-order valence-electron chi connectivity index (χ2n) is 12.5. The quantitative estimate of drug-likeness (QED) is 0.333. The van der Waals surface area contributed by atoms with E-state index in [-0.39, 0.29) is 24.5 Å². The molecule has 2 saturated heterocycles. The lowest BCUT2D eigenvalue weighted by Gasteiger charge is -2.66. The maximum absolute atomic E-state index is 14.4. The Balaban J connectivity index is 1.60. The summed E-state index contributed by atoms with van der Waals surface area (Å²) in [7, 11) is 0. The van der Waals surface area contributed by atoms with Crippen LogP contribution in [0.4, 0.5) is 0 Å². The fourth-order valence-corrected chi connectivity index (χ4v) is 8.93. The third-order valence-corrected chi connectivity index (χ3v) is 10.2. The Morgan fingerprint density at radius 2 is 1.81 bits per heavy atom. The number of epoxide rings is 1. The minimum atomic E-state index is -1.23. The molecule has 0 radical (unpaired) electrons. The van der Waals surface area contributed by atoms with E-state index in [0.29, 0.717) is 5.56 Å². The monoisotopic (exact) mass is 512 g/mol. The lowest BCUT2D eigenvalue weighted by molar-refractivity contribution is -0.244. The lowest BCUT2D eigenvalue weighted by atomic mass is 9.37. The topological polar surface area (TPSA) is 122 Å². The zero-order chi connectivity index (χ0) is 26.8. The number of hydrogen-bond donors (Lipinski definition) is 0. The molecule has 1 spiro atoms. The number of fused-ring (bicyclic) bond motifs is 3. The summed E-state index contributed by atoms with van der Waals surface area (Å²) < 4.78 is 29.4. The molecule has 9 atom stereocenters. The van der Waals surface area contributed by atoms with Gasteiger partial charge >= 0.3 is 17.9 Å². The van der Waals surface area contributed by atoms with Gasteiger partial charge in [0.05, 0.1) is 17.9 Å². The van der Waals surface area contributed by atoms with Crippen molar-refractivity contribution in [3.63, 3.8) is 0 Å². The molecule has 2 aliphatic carbocycles. The number of rotatable bonds is 2. The largest absolute Gasteiger partial charge is 0.472 e. The van der Waals surface area contributed by atoms with Crippen molar-refractivity contribution in [2.45, 2.75) is 83.9 Å². The van der Waals surface area contributed by atoms with Crippen LogP contribution < -0.4 is 0 Å². The number of carbonyl (C=O) groups is 4. The predicted molar refractivity (Wildman–Crippen MR) is 126 cm³/mol. The second kappa shape index (κ2) is 7.12. The fourth-order valence-electron chi connectivity index (χ4n) is 8.93. The van der Waals surface area contributed by atoms with Crippen LogP contribution in [0.5, 0.6) is 0 Å². The fraction of sp³-hybridized carbons (Fsp3) is 0.643. The summed E-state index contributed by atoms with van der Waals surface area (Å²) in [5, 5.41) is 0. The Labute approximate surface area is 214 Å². The minimum absolute atomic E-state index is 0.106. The van der Waals surface area contributed by atoms with E-state index in [0.717, 1.165) is 0 Å². The summed E-state index contributed by atoms with van der Waals surface area (Å²) in [6.07, 6.45) is 4.23. The van der Waals surface area contributed by atoms with Gasteiger partial charge < -0.3 is 23.4 Å². The first-order valence-corrected chi connectivity index (χ1v) is 12.8. The van der Waals surface area contributed by atoms with Crippen molar-refractivity contribution < 1.29 is 42.5 Å². The van der Waals surface area contributed by atoms with Crippen molar-refractivity contribution in [2.24, 2.45) is 28.1 Å². The molecule has 0 aromatic carbocycles. The molecular weight excluding hydrogens is 480 g/mol. The molecule has 0 N–H and O–H groups in total. The highest BCUT2D eigenvalue weighted by atomic mass is 16.7. The summed E-state index contributed by atoms with van der Waals surface area (Å²) in [4.78, 5) is 52.7. The molecular formula is C28H32O9. The second-order valence-corrected chi connectivity index (χ2v) is 12.5. The van der Waals surface area contributed by atoms with Crippen molar-refractivity contribution in [3.05, 3.63) is 36.3 Å². The highest BCUT2D eigenvalue weighted by Crippen LogP contribution is 2.78. The van der Waals surface area contributed by atoms with Crippen molar-refractivity contribution >= 4 is 23.7 Å². The number of ether oxygens (including phenoxy) is 4. The Morgan fingerprint density at radius 1 is 1.08 bits per heavy atom. The Hall–Kier alpha value is -2.94. The number of esters is 3. The van der Waals surface area contributed by atoms with Gasteiger partial charge in [-0.25, -0.2) is 9.59 Å². The smallest absolute Gasteiger partial charge is 0.339 e. The van der Waals surface area contributed by atoms with Gasteiger partial charge in [0.15, 0.2) is 6.10 Å². The Kier molecular flexibility index (Phi) is 4.70. The highest BCUT2D eigenvalue weighted by Gasteiger charge is 2.89. The number of carbonyl (C=O) groups excluding carboxylic acids is 4. The first kappa shape index (κ1) is 24.4. The number of Topliss-reactive ketones (excluding diaryl/α,β-unsaturated/α-hetero) is 1. The molecule has 0 bridgehead atoms. The standard InChI is InChI=1S/C28H32O9/c1-14(29)34-16-12-26(5)21(15-8-10-33-13-15)35-23(32)22-28(26,37-22)27(6)18(30)11-17-24(2,3)36-19(31)7-9-25(17,4)20(16)27/h7-10,13,16-17,20-22H,11-12H2,1-6H3/t16-,17+,20-,21-,22-,25-,26-,27+,28-/m0/s1. The SMILES string of the molecule is CC(=O)O[C@H]1C[C@@]2(C)[C@H](c3ccoc3)OC(=O)[C@@H]3O[C@@]32[C@]2(C)C(=O)C[C@@H]3C(C)(C)OC(=O)C=C[C@]3(C)[C@H]12. The normalized spacial score (nSPS) is 47.3. The van der Waals surface area contributed by atoms with E-state index in [2.05, 4.69) is 0 Å². The van der Waals surface area contributed by atoms with E-state index < -0.39 is 69.6 Å².